The third kappa shape index (κ3) is 3.28. The summed E-state index contributed by atoms with van der Waals surface area (Å²) in [5, 5.41) is 3.37. The first-order valence-electron chi connectivity index (χ1n) is 6.55. The van der Waals surface area contributed by atoms with E-state index in [0.29, 0.717) is 0 Å². The first-order chi connectivity index (χ1) is 9.03. The number of amides is 1. The van der Waals surface area contributed by atoms with Crippen molar-refractivity contribution in [3.05, 3.63) is 28.7 Å². The first-order valence-corrected chi connectivity index (χ1v) is 7.34. The van der Waals surface area contributed by atoms with Gasteiger partial charge in [-0.2, -0.15) is 0 Å². The molecule has 4 nitrogen and oxygen atoms in total. The third-order valence-electron chi connectivity index (χ3n) is 3.78. The van der Waals surface area contributed by atoms with E-state index in [-0.39, 0.29) is 5.91 Å². The smallest absolute Gasteiger partial charge is 0.243 e. The molecule has 1 atom stereocenters. The molecule has 1 heterocycles. The van der Waals surface area contributed by atoms with E-state index in [1.54, 1.807) is 0 Å². The number of likely N-dealkylation sites (tertiary alicyclic amines) is 1. The summed E-state index contributed by atoms with van der Waals surface area (Å²) in [6, 6.07) is 7.82. The Morgan fingerprint density at radius 1 is 1.37 bits per heavy atom. The van der Waals surface area contributed by atoms with E-state index in [9.17, 15) is 4.79 Å². The van der Waals surface area contributed by atoms with Crippen molar-refractivity contribution in [3.63, 3.8) is 0 Å². The number of para-hydroxylation sites is 1. The van der Waals surface area contributed by atoms with Gasteiger partial charge in [0.15, 0.2) is 0 Å². The van der Waals surface area contributed by atoms with Crippen LogP contribution in [0.1, 0.15) is 19.3 Å². The van der Waals surface area contributed by atoms with E-state index >= 15 is 0 Å². The summed E-state index contributed by atoms with van der Waals surface area (Å²) >= 11 is 3.50. The van der Waals surface area contributed by atoms with Crippen molar-refractivity contribution in [2.75, 3.05) is 25.5 Å². The van der Waals surface area contributed by atoms with Crippen LogP contribution in [0, 0.1) is 0 Å². The summed E-state index contributed by atoms with van der Waals surface area (Å²) in [5.41, 5.74) is 5.96. The average molecular weight is 326 g/mol. The SMILES string of the molecule is CN1CCCC(Nc2ccccc2Br)(C(N)=O)CC1. The van der Waals surface area contributed by atoms with Gasteiger partial charge in [0, 0.05) is 16.7 Å². The van der Waals surface area contributed by atoms with Gasteiger partial charge in [-0.1, -0.05) is 12.1 Å². The van der Waals surface area contributed by atoms with Gasteiger partial charge in [-0.3, -0.25) is 4.79 Å². The number of carbonyl (C=O) groups excluding carboxylic acids is 1. The Labute approximate surface area is 122 Å². The highest BCUT2D eigenvalue weighted by Crippen LogP contribution is 2.30. The molecular formula is C14H20BrN3O. The molecule has 0 aliphatic carbocycles. The van der Waals surface area contributed by atoms with Crippen molar-refractivity contribution < 1.29 is 4.79 Å². The number of carbonyl (C=O) groups is 1. The van der Waals surface area contributed by atoms with Crippen LogP contribution in [0.2, 0.25) is 0 Å². The Morgan fingerprint density at radius 2 is 2.11 bits per heavy atom. The van der Waals surface area contributed by atoms with E-state index in [0.717, 1.165) is 42.5 Å². The fraction of sp³-hybridized carbons (Fsp3) is 0.500. The minimum Gasteiger partial charge on any atom is -0.370 e. The summed E-state index contributed by atoms with van der Waals surface area (Å²) in [6.07, 6.45) is 2.48. The van der Waals surface area contributed by atoms with Gasteiger partial charge < -0.3 is 16.0 Å². The molecule has 0 spiro atoms. The van der Waals surface area contributed by atoms with Crippen LogP contribution in [-0.2, 0) is 4.79 Å². The molecule has 2 rings (SSSR count). The summed E-state index contributed by atoms with van der Waals surface area (Å²) < 4.78 is 0.952. The summed E-state index contributed by atoms with van der Waals surface area (Å²) in [5.74, 6) is -0.265. The minimum absolute atomic E-state index is 0.265. The molecule has 1 aliphatic heterocycles. The maximum Gasteiger partial charge on any atom is 0.243 e. The molecule has 1 aromatic carbocycles. The Kier molecular flexibility index (Phi) is 4.47. The number of anilines is 1. The summed E-state index contributed by atoms with van der Waals surface area (Å²) in [6.45, 7) is 1.88. The number of benzene rings is 1. The topological polar surface area (TPSA) is 58.4 Å². The maximum absolute atomic E-state index is 12.0. The molecule has 1 fully saturated rings. The number of nitrogens with zero attached hydrogens (tertiary/aromatic N) is 1. The molecule has 1 saturated heterocycles. The Morgan fingerprint density at radius 3 is 2.79 bits per heavy atom. The van der Waals surface area contributed by atoms with Crippen LogP contribution < -0.4 is 11.1 Å². The molecule has 0 saturated carbocycles. The van der Waals surface area contributed by atoms with Crippen molar-refractivity contribution in [3.8, 4) is 0 Å². The monoisotopic (exact) mass is 325 g/mol. The normalized spacial score (nSPS) is 24.7. The van der Waals surface area contributed by atoms with E-state index < -0.39 is 5.54 Å². The largest absolute Gasteiger partial charge is 0.370 e. The molecule has 1 aliphatic rings. The zero-order valence-electron chi connectivity index (χ0n) is 11.2. The minimum atomic E-state index is -0.644. The fourth-order valence-corrected chi connectivity index (χ4v) is 2.91. The van der Waals surface area contributed by atoms with Gasteiger partial charge in [-0.15, -0.1) is 0 Å². The lowest BCUT2D eigenvalue weighted by molar-refractivity contribution is -0.122. The molecule has 1 aromatic rings. The highest BCUT2D eigenvalue weighted by Gasteiger charge is 2.37. The van der Waals surface area contributed by atoms with Crippen molar-refractivity contribution in [1.29, 1.82) is 0 Å². The molecule has 0 radical (unpaired) electrons. The predicted molar refractivity (Wildman–Crippen MR) is 81.0 cm³/mol. The van der Waals surface area contributed by atoms with Crippen LogP contribution in [0.5, 0.6) is 0 Å². The van der Waals surface area contributed by atoms with E-state index in [1.165, 1.54) is 0 Å². The molecule has 0 aromatic heterocycles. The van der Waals surface area contributed by atoms with Crippen LogP contribution in [0.3, 0.4) is 0 Å². The highest BCUT2D eigenvalue weighted by molar-refractivity contribution is 9.10. The molecule has 0 bridgehead atoms. The molecule has 3 N–H and O–H groups in total. The lowest BCUT2D eigenvalue weighted by Crippen LogP contribution is -2.51. The Hall–Kier alpha value is -1.07. The van der Waals surface area contributed by atoms with Gasteiger partial charge in [0.2, 0.25) is 5.91 Å². The second kappa shape index (κ2) is 5.92. The lowest BCUT2D eigenvalue weighted by Gasteiger charge is -2.32. The zero-order chi connectivity index (χ0) is 13.9. The van der Waals surface area contributed by atoms with Gasteiger partial charge in [-0.25, -0.2) is 0 Å². The fourth-order valence-electron chi connectivity index (χ4n) is 2.52. The number of primary amides is 1. The van der Waals surface area contributed by atoms with Crippen LogP contribution in [0.25, 0.3) is 0 Å². The molecular weight excluding hydrogens is 306 g/mol. The quantitative estimate of drug-likeness (QED) is 0.895. The van der Waals surface area contributed by atoms with Crippen molar-refractivity contribution in [2.24, 2.45) is 5.73 Å². The molecule has 19 heavy (non-hydrogen) atoms. The molecule has 1 unspecified atom stereocenters. The summed E-state index contributed by atoms with van der Waals surface area (Å²) in [7, 11) is 2.08. The second-order valence-corrected chi connectivity index (χ2v) is 6.06. The maximum atomic E-state index is 12.0. The van der Waals surface area contributed by atoms with Crippen LogP contribution in [-0.4, -0.2) is 36.5 Å². The number of hydrogen-bond acceptors (Lipinski definition) is 3. The van der Waals surface area contributed by atoms with Gasteiger partial charge >= 0.3 is 0 Å². The van der Waals surface area contributed by atoms with Gasteiger partial charge in [-0.05, 0) is 60.9 Å². The average Bonchev–Trinajstić information content (AvgIpc) is 2.56. The van der Waals surface area contributed by atoms with Crippen LogP contribution in [0.4, 0.5) is 5.69 Å². The predicted octanol–water partition coefficient (Wildman–Crippen LogP) is 2.20. The second-order valence-electron chi connectivity index (χ2n) is 5.21. The molecule has 1 amide bonds. The number of rotatable bonds is 3. The Balaban J connectivity index is 2.25. The number of halogens is 1. The third-order valence-corrected chi connectivity index (χ3v) is 4.47. The van der Waals surface area contributed by atoms with E-state index in [1.807, 2.05) is 24.3 Å². The van der Waals surface area contributed by atoms with Crippen LogP contribution in [0.15, 0.2) is 28.7 Å². The number of hydrogen-bond donors (Lipinski definition) is 2. The van der Waals surface area contributed by atoms with E-state index in [2.05, 4.69) is 33.2 Å². The number of nitrogens with two attached hydrogens (primary N) is 1. The zero-order valence-corrected chi connectivity index (χ0v) is 12.7. The van der Waals surface area contributed by atoms with Crippen molar-refractivity contribution in [1.82, 2.24) is 4.90 Å². The van der Waals surface area contributed by atoms with Gasteiger partial charge in [0.25, 0.3) is 0 Å². The molecule has 5 heteroatoms. The first kappa shape index (κ1) is 14.3. The van der Waals surface area contributed by atoms with E-state index in [4.69, 9.17) is 5.73 Å². The standard InChI is InChI=1S/C14H20BrN3O/c1-18-9-4-7-14(8-10-18,13(16)19)17-12-6-3-2-5-11(12)15/h2-3,5-6,17H,4,7-10H2,1H3,(H2,16,19). The van der Waals surface area contributed by atoms with Crippen LogP contribution >= 0.6 is 15.9 Å². The Bertz CT molecular complexity index is 466. The van der Waals surface area contributed by atoms with Gasteiger partial charge in [0.1, 0.15) is 5.54 Å². The summed E-state index contributed by atoms with van der Waals surface area (Å²) in [4.78, 5) is 14.2. The van der Waals surface area contributed by atoms with Gasteiger partial charge in [0.05, 0.1) is 0 Å². The van der Waals surface area contributed by atoms with Crippen molar-refractivity contribution in [2.45, 2.75) is 24.8 Å². The lowest BCUT2D eigenvalue weighted by atomic mass is 9.89. The number of nitrogens with one attached hydrogen (secondary N) is 1. The van der Waals surface area contributed by atoms with Crippen molar-refractivity contribution >= 4 is 27.5 Å². The highest BCUT2D eigenvalue weighted by atomic mass is 79.9. The molecule has 104 valence electrons.